The van der Waals surface area contributed by atoms with Crippen LogP contribution in [0.5, 0.6) is 0 Å². The zero-order chi connectivity index (χ0) is 13.4. The molecular weight excluding hydrogens is 224 g/mol. The Kier molecular flexibility index (Phi) is 7.02. The van der Waals surface area contributed by atoms with Crippen LogP contribution in [-0.2, 0) is 4.79 Å². The molecule has 0 saturated carbocycles. The summed E-state index contributed by atoms with van der Waals surface area (Å²) in [4.78, 5) is 14.0. The van der Waals surface area contributed by atoms with Crippen molar-refractivity contribution in [2.24, 2.45) is 5.92 Å². The van der Waals surface area contributed by atoms with Crippen LogP contribution in [0.4, 0.5) is 0 Å². The van der Waals surface area contributed by atoms with Gasteiger partial charge in [-0.3, -0.25) is 4.79 Å². The van der Waals surface area contributed by atoms with E-state index in [0.29, 0.717) is 12.3 Å². The summed E-state index contributed by atoms with van der Waals surface area (Å²) < 4.78 is 0. The first kappa shape index (κ1) is 15.2. The summed E-state index contributed by atoms with van der Waals surface area (Å²) >= 11 is 0. The summed E-state index contributed by atoms with van der Waals surface area (Å²) in [7, 11) is 0. The first-order valence-electron chi connectivity index (χ1n) is 7.32. The third-order valence-electron chi connectivity index (χ3n) is 3.72. The van der Waals surface area contributed by atoms with E-state index in [9.17, 15) is 4.79 Å². The van der Waals surface area contributed by atoms with Gasteiger partial charge < -0.3 is 10.2 Å². The van der Waals surface area contributed by atoms with Gasteiger partial charge in [0.1, 0.15) is 0 Å². The predicted molar refractivity (Wildman–Crippen MR) is 76.5 cm³/mol. The van der Waals surface area contributed by atoms with E-state index in [2.05, 4.69) is 25.7 Å². The van der Waals surface area contributed by atoms with Crippen LogP contribution in [0.15, 0.2) is 12.2 Å². The maximum Gasteiger partial charge on any atom is 0.222 e. The topological polar surface area (TPSA) is 32.3 Å². The molecule has 1 saturated heterocycles. The van der Waals surface area contributed by atoms with Crippen LogP contribution in [0, 0.1) is 5.92 Å². The van der Waals surface area contributed by atoms with Gasteiger partial charge in [-0.1, -0.05) is 26.8 Å². The highest BCUT2D eigenvalue weighted by molar-refractivity contribution is 5.76. The highest BCUT2D eigenvalue weighted by Crippen LogP contribution is 2.21. The maximum absolute atomic E-state index is 12.0. The van der Waals surface area contributed by atoms with Crippen LogP contribution in [0.25, 0.3) is 0 Å². The lowest BCUT2D eigenvalue weighted by Gasteiger charge is -2.22. The van der Waals surface area contributed by atoms with Crippen LogP contribution in [0.1, 0.15) is 46.0 Å². The molecule has 3 heteroatoms. The molecule has 3 nitrogen and oxygen atoms in total. The fourth-order valence-corrected chi connectivity index (χ4v) is 2.44. The molecule has 1 amide bonds. The Balaban J connectivity index is 2.35. The van der Waals surface area contributed by atoms with E-state index in [-0.39, 0.29) is 0 Å². The zero-order valence-electron chi connectivity index (χ0n) is 12.0. The Labute approximate surface area is 112 Å². The quantitative estimate of drug-likeness (QED) is 0.558. The van der Waals surface area contributed by atoms with Crippen molar-refractivity contribution in [2.75, 3.05) is 26.2 Å². The van der Waals surface area contributed by atoms with Crippen LogP contribution in [-0.4, -0.2) is 37.0 Å². The highest BCUT2D eigenvalue weighted by atomic mass is 16.2. The molecule has 0 bridgehead atoms. The van der Waals surface area contributed by atoms with Crippen molar-refractivity contribution in [1.29, 1.82) is 0 Å². The Morgan fingerprint density at radius 1 is 1.44 bits per heavy atom. The summed E-state index contributed by atoms with van der Waals surface area (Å²) in [6, 6.07) is 0. The van der Waals surface area contributed by atoms with Gasteiger partial charge >= 0.3 is 0 Å². The molecule has 1 unspecified atom stereocenters. The number of carbonyl (C=O) groups excluding carboxylic acids is 1. The molecule has 1 N–H and O–H groups in total. The smallest absolute Gasteiger partial charge is 0.222 e. The van der Waals surface area contributed by atoms with Crippen molar-refractivity contribution in [2.45, 2.75) is 46.0 Å². The van der Waals surface area contributed by atoms with E-state index in [1.165, 1.54) is 6.42 Å². The number of hydrogen-bond donors (Lipinski definition) is 1. The van der Waals surface area contributed by atoms with Crippen LogP contribution in [0.3, 0.4) is 0 Å². The standard InChI is InChI=1S/C15H28N2O/c1-4-9-16-11-13(3)12-17-10-8-14(5-2)6-7-15(17)18/h14,16H,3-12H2,1-2H3. The third kappa shape index (κ3) is 5.21. The second-order valence-corrected chi connectivity index (χ2v) is 5.34. The number of nitrogens with one attached hydrogen (secondary N) is 1. The summed E-state index contributed by atoms with van der Waals surface area (Å²) in [5.74, 6) is 1.04. The first-order chi connectivity index (χ1) is 8.67. The molecule has 104 valence electrons. The number of amides is 1. The molecule has 0 spiro atoms. The fourth-order valence-electron chi connectivity index (χ4n) is 2.44. The number of likely N-dealkylation sites (tertiary alicyclic amines) is 1. The third-order valence-corrected chi connectivity index (χ3v) is 3.72. The highest BCUT2D eigenvalue weighted by Gasteiger charge is 2.21. The van der Waals surface area contributed by atoms with E-state index in [1.54, 1.807) is 0 Å². The molecule has 1 atom stereocenters. The van der Waals surface area contributed by atoms with Gasteiger partial charge in [0.05, 0.1) is 0 Å². The summed E-state index contributed by atoms with van der Waals surface area (Å²) in [6.07, 6.45) is 5.26. The second-order valence-electron chi connectivity index (χ2n) is 5.34. The van der Waals surface area contributed by atoms with Crippen molar-refractivity contribution >= 4 is 5.91 Å². The van der Waals surface area contributed by atoms with E-state index in [4.69, 9.17) is 0 Å². The summed E-state index contributed by atoms with van der Waals surface area (Å²) in [5, 5.41) is 3.34. The molecule has 0 aromatic heterocycles. The zero-order valence-corrected chi connectivity index (χ0v) is 12.0. The molecular formula is C15H28N2O. The first-order valence-corrected chi connectivity index (χ1v) is 7.32. The SMILES string of the molecule is C=C(CNCCC)CN1CCC(CC)CCC1=O. The molecule has 0 aliphatic carbocycles. The number of nitrogens with zero attached hydrogens (tertiary/aromatic N) is 1. The number of carbonyl (C=O) groups is 1. The lowest BCUT2D eigenvalue weighted by Crippen LogP contribution is -2.34. The Morgan fingerprint density at radius 2 is 2.22 bits per heavy atom. The van der Waals surface area contributed by atoms with Gasteiger partial charge in [-0.05, 0) is 37.3 Å². The number of hydrogen-bond acceptors (Lipinski definition) is 2. The van der Waals surface area contributed by atoms with Gasteiger partial charge in [0.25, 0.3) is 0 Å². The van der Waals surface area contributed by atoms with Gasteiger partial charge in [0.15, 0.2) is 0 Å². The monoisotopic (exact) mass is 252 g/mol. The minimum Gasteiger partial charge on any atom is -0.339 e. The van der Waals surface area contributed by atoms with E-state index >= 15 is 0 Å². The van der Waals surface area contributed by atoms with Gasteiger partial charge in [-0.25, -0.2) is 0 Å². The molecule has 0 aromatic rings. The van der Waals surface area contributed by atoms with Gasteiger partial charge in [-0.2, -0.15) is 0 Å². The molecule has 18 heavy (non-hydrogen) atoms. The van der Waals surface area contributed by atoms with Crippen molar-refractivity contribution in [1.82, 2.24) is 10.2 Å². The Hall–Kier alpha value is -0.830. The molecule has 1 aliphatic heterocycles. The Bertz CT molecular complexity index is 276. The van der Waals surface area contributed by atoms with Crippen LogP contribution >= 0.6 is 0 Å². The summed E-state index contributed by atoms with van der Waals surface area (Å²) in [5.41, 5.74) is 1.12. The predicted octanol–water partition coefficient (Wildman–Crippen LogP) is 2.58. The minimum atomic E-state index is 0.308. The average molecular weight is 252 g/mol. The van der Waals surface area contributed by atoms with Crippen molar-refractivity contribution in [3.63, 3.8) is 0 Å². The maximum atomic E-state index is 12.0. The molecule has 0 radical (unpaired) electrons. The van der Waals surface area contributed by atoms with Crippen molar-refractivity contribution < 1.29 is 4.79 Å². The van der Waals surface area contributed by atoms with E-state index in [1.807, 2.05) is 4.90 Å². The van der Waals surface area contributed by atoms with Gasteiger partial charge in [0.2, 0.25) is 5.91 Å². The summed E-state index contributed by atoms with van der Waals surface area (Å²) in [6.45, 7) is 11.9. The van der Waals surface area contributed by atoms with Crippen LogP contribution in [0.2, 0.25) is 0 Å². The molecule has 1 aliphatic rings. The van der Waals surface area contributed by atoms with E-state index in [0.717, 1.165) is 56.9 Å². The Morgan fingerprint density at radius 3 is 2.89 bits per heavy atom. The van der Waals surface area contributed by atoms with Gasteiger partial charge in [0, 0.05) is 26.1 Å². The van der Waals surface area contributed by atoms with E-state index < -0.39 is 0 Å². The van der Waals surface area contributed by atoms with Crippen LogP contribution < -0.4 is 5.32 Å². The number of rotatable bonds is 7. The van der Waals surface area contributed by atoms with Crippen molar-refractivity contribution in [3.05, 3.63) is 12.2 Å². The minimum absolute atomic E-state index is 0.308. The van der Waals surface area contributed by atoms with Gasteiger partial charge in [-0.15, -0.1) is 0 Å². The lowest BCUT2D eigenvalue weighted by atomic mass is 9.98. The molecule has 0 aromatic carbocycles. The van der Waals surface area contributed by atoms with Crippen molar-refractivity contribution in [3.8, 4) is 0 Å². The normalized spacial score (nSPS) is 20.9. The molecule has 1 rings (SSSR count). The second kappa shape index (κ2) is 8.30. The average Bonchev–Trinajstić information content (AvgIpc) is 2.53. The fraction of sp³-hybridized carbons (Fsp3) is 0.800. The largest absolute Gasteiger partial charge is 0.339 e. The molecule has 1 fully saturated rings. The lowest BCUT2D eigenvalue weighted by molar-refractivity contribution is -0.130. The molecule has 1 heterocycles.